The summed E-state index contributed by atoms with van der Waals surface area (Å²) in [6, 6.07) is 7.36. The number of hydrogen-bond donors (Lipinski definition) is 1. The number of hydrogen-bond acceptors (Lipinski definition) is 4. The van der Waals surface area contributed by atoms with Gasteiger partial charge < -0.3 is 5.11 Å². The molecular weight excluding hydrogens is 194 g/mol. The molecule has 5 heteroatoms. The van der Waals surface area contributed by atoms with E-state index >= 15 is 0 Å². The van der Waals surface area contributed by atoms with Crippen LogP contribution in [0.3, 0.4) is 0 Å². The zero-order valence-electron chi connectivity index (χ0n) is 7.92. The Morgan fingerprint density at radius 3 is 2.67 bits per heavy atom. The van der Waals surface area contributed by atoms with E-state index in [0.717, 1.165) is 11.0 Å². The van der Waals surface area contributed by atoms with Crippen molar-refractivity contribution in [1.82, 2.24) is 15.2 Å². The standard InChI is InChI=1S/C10H9N3O2/c14-10(15)6-5-9-11-7-3-1-2-4-8(7)12-13-9/h1-4H,5-6H2,(H,14,15). The van der Waals surface area contributed by atoms with Crippen LogP contribution in [0.25, 0.3) is 11.0 Å². The summed E-state index contributed by atoms with van der Waals surface area (Å²) in [5.41, 5.74) is 1.46. The minimum absolute atomic E-state index is 0.0278. The molecule has 0 atom stereocenters. The first-order valence-corrected chi connectivity index (χ1v) is 4.56. The van der Waals surface area contributed by atoms with Gasteiger partial charge in [0.05, 0.1) is 11.9 Å². The van der Waals surface area contributed by atoms with E-state index in [0.29, 0.717) is 12.2 Å². The van der Waals surface area contributed by atoms with Crippen LogP contribution in [0, 0.1) is 0 Å². The lowest BCUT2D eigenvalue weighted by atomic mass is 10.3. The van der Waals surface area contributed by atoms with Gasteiger partial charge in [0.2, 0.25) is 0 Å². The number of aliphatic carboxylic acids is 1. The molecule has 0 aliphatic rings. The molecule has 2 aromatic rings. The second-order valence-corrected chi connectivity index (χ2v) is 3.11. The van der Waals surface area contributed by atoms with Gasteiger partial charge in [-0.15, -0.1) is 10.2 Å². The molecule has 76 valence electrons. The molecule has 1 N–H and O–H groups in total. The number of aromatic nitrogens is 3. The van der Waals surface area contributed by atoms with E-state index in [2.05, 4.69) is 15.2 Å². The first kappa shape index (κ1) is 9.51. The first-order valence-electron chi connectivity index (χ1n) is 4.56. The number of aryl methyl sites for hydroxylation is 1. The lowest BCUT2D eigenvalue weighted by Gasteiger charge is -1.98. The fourth-order valence-electron chi connectivity index (χ4n) is 1.24. The Hall–Kier alpha value is -2.04. The highest BCUT2D eigenvalue weighted by Gasteiger charge is 2.03. The van der Waals surface area contributed by atoms with Crippen molar-refractivity contribution in [2.45, 2.75) is 12.8 Å². The van der Waals surface area contributed by atoms with Crippen LogP contribution < -0.4 is 0 Å². The van der Waals surface area contributed by atoms with Crippen LogP contribution in [-0.2, 0) is 11.2 Å². The van der Waals surface area contributed by atoms with Gasteiger partial charge in [0.1, 0.15) is 5.52 Å². The third kappa shape index (κ3) is 2.25. The summed E-state index contributed by atoms with van der Waals surface area (Å²) in [6.07, 6.45) is 0.340. The fraction of sp³-hybridized carbons (Fsp3) is 0.200. The Morgan fingerprint density at radius 1 is 1.20 bits per heavy atom. The SMILES string of the molecule is O=C(O)CCc1nnc2ccccc2n1. The van der Waals surface area contributed by atoms with Gasteiger partial charge in [-0.25, -0.2) is 4.98 Å². The maximum absolute atomic E-state index is 10.4. The monoisotopic (exact) mass is 203 g/mol. The van der Waals surface area contributed by atoms with Crippen molar-refractivity contribution in [3.63, 3.8) is 0 Å². The largest absolute Gasteiger partial charge is 0.481 e. The topological polar surface area (TPSA) is 76.0 Å². The predicted octanol–water partition coefficient (Wildman–Crippen LogP) is 1.04. The van der Waals surface area contributed by atoms with Gasteiger partial charge in [0, 0.05) is 6.42 Å². The number of benzene rings is 1. The molecule has 0 aliphatic carbocycles. The van der Waals surface area contributed by atoms with Gasteiger partial charge in [-0.3, -0.25) is 4.79 Å². The number of rotatable bonds is 3. The van der Waals surface area contributed by atoms with Gasteiger partial charge in [-0.05, 0) is 12.1 Å². The maximum Gasteiger partial charge on any atom is 0.303 e. The van der Waals surface area contributed by atoms with E-state index in [1.54, 1.807) is 0 Å². The zero-order valence-corrected chi connectivity index (χ0v) is 7.92. The molecule has 0 amide bonds. The Balaban J connectivity index is 2.26. The second-order valence-electron chi connectivity index (χ2n) is 3.11. The normalized spacial score (nSPS) is 10.4. The number of carboxylic acids is 1. The quantitative estimate of drug-likeness (QED) is 0.806. The van der Waals surface area contributed by atoms with Crippen LogP contribution in [0.4, 0.5) is 0 Å². The number of nitrogens with zero attached hydrogens (tertiary/aromatic N) is 3. The number of carbonyl (C=O) groups is 1. The van der Waals surface area contributed by atoms with E-state index in [-0.39, 0.29) is 6.42 Å². The van der Waals surface area contributed by atoms with Crippen LogP contribution in [0.15, 0.2) is 24.3 Å². The number of para-hydroxylation sites is 1. The summed E-state index contributed by atoms with van der Waals surface area (Å²) in [5.74, 6) is -0.386. The lowest BCUT2D eigenvalue weighted by molar-refractivity contribution is -0.137. The fourth-order valence-corrected chi connectivity index (χ4v) is 1.24. The molecule has 1 heterocycles. The highest BCUT2D eigenvalue weighted by atomic mass is 16.4. The third-order valence-corrected chi connectivity index (χ3v) is 1.97. The molecule has 15 heavy (non-hydrogen) atoms. The Bertz CT molecular complexity index is 499. The van der Waals surface area contributed by atoms with Gasteiger partial charge in [0.15, 0.2) is 5.82 Å². The van der Waals surface area contributed by atoms with Crippen LogP contribution in [0.2, 0.25) is 0 Å². The van der Waals surface area contributed by atoms with E-state index in [4.69, 9.17) is 5.11 Å². The molecule has 1 aromatic heterocycles. The molecule has 5 nitrogen and oxygen atoms in total. The van der Waals surface area contributed by atoms with Crippen molar-refractivity contribution < 1.29 is 9.90 Å². The van der Waals surface area contributed by atoms with E-state index in [1.165, 1.54) is 0 Å². The van der Waals surface area contributed by atoms with Gasteiger partial charge in [0.25, 0.3) is 0 Å². The minimum atomic E-state index is -0.855. The molecule has 0 bridgehead atoms. The summed E-state index contributed by atoms with van der Waals surface area (Å²) in [7, 11) is 0. The Kier molecular flexibility index (Phi) is 2.53. The van der Waals surface area contributed by atoms with Crippen LogP contribution in [0.5, 0.6) is 0 Å². The molecule has 2 rings (SSSR count). The first-order chi connectivity index (χ1) is 7.25. The van der Waals surface area contributed by atoms with Crippen molar-refractivity contribution in [2.24, 2.45) is 0 Å². The maximum atomic E-state index is 10.4. The van der Waals surface area contributed by atoms with Crippen molar-refractivity contribution in [1.29, 1.82) is 0 Å². The summed E-state index contributed by atoms with van der Waals surface area (Å²) < 4.78 is 0. The summed E-state index contributed by atoms with van der Waals surface area (Å²) in [5, 5.41) is 16.3. The van der Waals surface area contributed by atoms with Crippen molar-refractivity contribution >= 4 is 17.0 Å². The summed E-state index contributed by atoms with van der Waals surface area (Å²) >= 11 is 0. The van der Waals surface area contributed by atoms with Crippen molar-refractivity contribution in [3.05, 3.63) is 30.1 Å². The van der Waals surface area contributed by atoms with Gasteiger partial charge >= 0.3 is 5.97 Å². The van der Waals surface area contributed by atoms with Crippen LogP contribution in [-0.4, -0.2) is 26.3 Å². The van der Waals surface area contributed by atoms with Crippen molar-refractivity contribution in [2.75, 3.05) is 0 Å². The van der Waals surface area contributed by atoms with E-state index in [1.807, 2.05) is 24.3 Å². The molecule has 0 radical (unpaired) electrons. The summed E-state index contributed by atoms with van der Waals surface area (Å²) in [6.45, 7) is 0. The molecule has 0 spiro atoms. The van der Waals surface area contributed by atoms with Gasteiger partial charge in [-0.2, -0.15) is 0 Å². The molecule has 0 saturated carbocycles. The average Bonchev–Trinajstić information content (AvgIpc) is 2.26. The van der Waals surface area contributed by atoms with Gasteiger partial charge in [-0.1, -0.05) is 12.1 Å². The Labute approximate surface area is 85.8 Å². The van der Waals surface area contributed by atoms with Crippen LogP contribution in [0.1, 0.15) is 12.2 Å². The highest BCUT2D eigenvalue weighted by molar-refractivity contribution is 5.73. The second kappa shape index (κ2) is 4.00. The lowest BCUT2D eigenvalue weighted by Crippen LogP contribution is -2.03. The molecule has 1 aromatic carbocycles. The number of carboxylic acid groups (broad SMARTS) is 1. The molecule has 0 fully saturated rings. The predicted molar refractivity (Wildman–Crippen MR) is 53.3 cm³/mol. The average molecular weight is 203 g/mol. The minimum Gasteiger partial charge on any atom is -0.481 e. The molecular formula is C10H9N3O2. The third-order valence-electron chi connectivity index (χ3n) is 1.97. The zero-order chi connectivity index (χ0) is 10.7. The number of fused-ring (bicyclic) bond motifs is 1. The molecule has 0 saturated heterocycles. The highest BCUT2D eigenvalue weighted by Crippen LogP contribution is 2.07. The Morgan fingerprint density at radius 2 is 1.93 bits per heavy atom. The molecule has 0 aliphatic heterocycles. The smallest absolute Gasteiger partial charge is 0.303 e. The van der Waals surface area contributed by atoms with Crippen LogP contribution >= 0.6 is 0 Å². The summed E-state index contributed by atoms with van der Waals surface area (Å²) in [4.78, 5) is 14.6. The van der Waals surface area contributed by atoms with E-state index in [9.17, 15) is 4.79 Å². The van der Waals surface area contributed by atoms with E-state index < -0.39 is 5.97 Å². The van der Waals surface area contributed by atoms with Crippen molar-refractivity contribution in [3.8, 4) is 0 Å². The molecule has 0 unspecified atom stereocenters.